The molecule has 0 aliphatic carbocycles. The van der Waals surface area contributed by atoms with Gasteiger partial charge in [-0.1, -0.05) is 15.9 Å². The Labute approximate surface area is 107 Å². The normalized spacial score (nSPS) is 10.2. The van der Waals surface area contributed by atoms with Crippen LogP contribution in [-0.2, 0) is 16.1 Å². The second-order valence-corrected chi connectivity index (χ2v) is 4.44. The summed E-state index contributed by atoms with van der Waals surface area (Å²) >= 11 is 3.36. The van der Waals surface area contributed by atoms with Gasteiger partial charge in [0, 0.05) is 21.6 Å². The van der Waals surface area contributed by atoms with Crippen LogP contribution in [0.3, 0.4) is 0 Å². The number of fused-ring (bicyclic) bond motifs is 1. The average molecular weight is 293 g/mol. The van der Waals surface area contributed by atoms with Crippen molar-refractivity contribution in [1.82, 2.24) is 4.57 Å². The van der Waals surface area contributed by atoms with E-state index in [4.69, 9.17) is 5.26 Å². The van der Waals surface area contributed by atoms with Crippen LogP contribution in [0.4, 0.5) is 0 Å². The van der Waals surface area contributed by atoms with Gasteiger partial charge in [-0.15, -0.1) is 0 Å². The molecule has 0 bridgehead atoms. The third kappa shape index (κ3) is 2.17. The summed E-state index contributed by atoms with van der Waals surface area (Å²) in [5, 5.41) is 9.86. The van der Waals surface area contributed by atoms with Gasteiger partial charge >= 0.3 is 5.97 Å². The molecule has 1 aromatic carbocycles. The number of halogens is 1. The lowest BCUT2D eigenvalue weighted by Gasteiger charge is -2.03. The van der Waals surface area contributed by atoms with Crippen molar-refractivity contribution >= 4 is 32.8 Å². The first kappa shape index (κ1) is 11.7. The standard InChI is InChI=1S/C12H9BrN2O2/c1-17-12(16)7-15-6-8(5-14)10-4-9(13)2-3-11(10)15/h2-4,6H,7H2,1H3. The monoisotopic (exact) mass is 292 g/mol. The highest BCUT2D eigenvalue weighted by atomic mass is 79.9. The summed E-state index contributed by atoms with van der Waals surface area (Å²) < 4.78 is 7.23. The highest BCUT2D eigenvalue weighted by Gasteiger charge is 2.11. The SMILES string of the molecule is COC(=O)Cn1cc(C#N)c2cc(Br)ccc21. The van der Waals surface area contributed by atoms with Crippen molar-refractivity contribution in [2.75, 3.05) is 7.11 Å². The first-order valence-electron chi connectivity index (χ1n) is 4.91. The van der Waals surface area contributed by atoms with Crippen LogP contribution in [-0.4, -0.2) is 17.6 Å². The fraction of sp³-hybridized carbons (Fsp3) is 0.167. The number of benzene rings is 1. The number of ether oxygens (including phenoxy) is 1. The molecule has 17 heavy (non-hydrogen) atoms. The number of methoxy groups -OCH3 is 1. The Hall–Kier alpha value is -1.80. The Morgan fingerprint density at radius 2 is 2.35 bits per heavy atom. The van der Waals surface area contributed by atoms with Crippen molar-refractivity contribution in [2.24, 2.45) is 0 Å². The Morgan fingerprint density at radius 3 is 3.00 bits per heavy atom. The summed E-state index contributed by atoms with van der Waals surface area (Å²) in [6.07, 6.45) is 1.66. The second-order valence-electron chi connectivity index (χ2n) is 3.52. The molecule has 1 heterocycles. The molecule has 0 spiro atoms. The molecule has 0 radical (unpaired) electrons. The average Bonchev–Trinajstić information content (AvgIpc) is 2.66. The number of rotatable bonds is 2. The molecule has 2 aromatic rings. The summed E-state index contributed by atoms with van der Waals surface area (Å²) in [7, 11) is 1.34. The molecule has 0 N–H and O–H groups in total. The Balaban J connectivity index is 2.58. The van der Waals surface area contributed by atoms with E-state index < -0.39 is 0 Å². The molecular weight excluding hydrogens is 284 g/mol. The molecule has 0 unspecified atom stereocenters. The van der Waals surface area contributed by atoms with E-state index in [-0.39, 0.29) is 12.5 Å². The summed E-state index contributed by atoms with van der Waals surface area (Å²) in [4.78, 5) is 11.3. The van der Waals surface area contributed by atoms with Crippen LogP contribution in [0, 0.1) is 11.3 Å². The van der Waals surface area contributed by atoms with Crippen molar-refractivity contribution < 1.29 is 9.53 Å². The molecular formula is C12H9BrN2O2. The smallest absolute Gasteiger partial charge is 0.325 e. The maximum absolute atomic E-state index is 11.3. The molecule has 0 amide bonds. The molecule has 0 aliphatic heterocycles. The van der Waals surface area contributed by atoms with Crippen molar-refractivity contribution in [2.45, 2.75) is 6.54 Å². The predicted molar refractivity (Wildman–Crippen MR) is 66.4 cm³/mol. The van der Waals surface area contributed by atoms with Gasteiger partial charge in [-0.2, -0.15) is 5.26 Å². The van der Waals surface area contributed by atoms with E-state index in [1.807, 2.05) is 18.2 Å². The van der Waals surface area contributed by atoms with Gasteiger partial charge in [0.05, 0.1) is 12.7 Å². The largest absolute Gasteiger partial charge is 0.468 e. The first-order chi connectivity index (χ1) is 8.15. The minimum atomic E-state index is -0.339. The number of hydrogen-bond acceptors (Lipinski definition) is 3. The molecule has 2 rings (SSSR count). The molecule has 1 aromatic heterocycles. The van der Waals surface area contributed by atoms with Gasteiger partial charge in [-0.25, -0.2) is 0 Å². The van der Waals surface area contributed by atoms with E-state index in [1.165, 1.54) is 7.11 Å². The molecule has 86 valence electrons. The molecule has 0 atom stereocenters. The van der Waals surface area contributed by atoms with Gasteiger partial charge in [0.2, 0.25) is 0 Å². The number of carbonyl (C=O) groups is 1. The molecule has 0 fully saturated rings. The predicted octanol–water partition coefficient (Wildman–Crippen LogP) is 2.45. The van der Waals surface area contributed by atoms with E-state index >= 15 is 0 Å². The van der Waals surface area contributed by atoms with E-state index in [0.29, 0.717) is 5.56 Å². The lowest BCUT2D eigenvalue weighted by molar-refractivity contribution is -0.141. The van der Waals surface area contributed by atoms with Crippen molar-refractivity contribution in [3.8, 4) is 6.07 Å². The van der Waals surface area contributed by atoms with Crippen LogP contribution in [0.5, 0.6) is 0 Å². The number of carbonyl (C=O) groups excluding carboxylic acids is 1. The summed E-state index contributed by atoms with van der Waals surface area (Å²) in [5.74, 6) is -0.339. The fourth-order valence-corrected chi connectivity index (χ4v) is 2.05. The van der Waals surface area contributed by atoms with Crippen LogP contribution in [0.2, 0.25) is 0 Å². The highest BCUT2D eigenvalue weighted by Crippen LogP contribution is 2.24. The van der Waals surface area contributed by atoms with Crippen molar-refractivity contribution in [3.05, 3.63) is 34.4 Å². The maximum Gasteiger partial charge on any atom is 0.325 e. The third-order valence-corrected chi connectivity index (χ3v) is 2.98. The fourth-order valence-electron chi connectivity index (χ4n) is 1.69. The number of hydrogen-bond donors (Lipinski definition) is 0. The molecule has 0 aliphatic rings. The summed E-state index contributed by atoms with van der Waals surface area (Å²) in [6.45, 7) is 0.107. The lowest BCUT2D eigenvalue weighted by atomic mass is 10.2. The molecule has 4 nitrogen and oxygen atoms in total. The van der Waals surface area contributed by atoms with Crippen molar-refractivity contribution in [3.63, 3.8) is 0 Å². The van der Waals surface area contributed by atoms with Crippen LogP contribution < -0.4 is 0 Å². The second kappa shape index (κ2) is 4.60. The number of nitriles is 1. The topological polar surface area (TPSA) is 55.0 Å². The lowest BCUT2D eigenvalue weighted by Crippen LogP contribution is -2.10. The van der Waals surface area contributed by atoms with E-state index in [2.05, 4.69) is 26.7 Å². The number of nitrogens with zero attached hydrogens (tertiary/aromatic N) is 2. The molecule has 0 saturated heterocycles. The molecule has 0 saturated carbocycles. The number of esters is 1. The maximum atomic E-state index is 11.3. The van der Waals surface area contributed by atoms with E-state index in [1.54, 1.807) is 10.8 Å². The van der Waals surface area contributed by atoms with Gasteiger partial charge in [-0.3, -0.25) is 4.79 Å². The van der Waals surface area contributed by atoms with Gasteiger partial charge in [0.15, 0.2) is 0 Å². The summed E-state index contributed by atoms with van der Waals surface area (Å²) in [6, 6.07) is 7.71. The van der Waals surface area contributed by atoms with Crippen LogP contribution in [0.25, 0.3) is 10.9 Å². The summed E-state index contributed by atoms with van der Waals surface area (Å²) in [5.41, 5.74) is 1.39. The van der Waals surface area contributed by atoms with Crippen molar-refractivity contribution in [1.29, 1.82) is 5.26 Å². The van der Waals surface area contributed by atoms with Gasteiger partial charge in [0.1, 0.15) is 12.6 Å². The zero-order valence-electron chi connectivity index (χ0n) is 9.11. The Morgan fingerprint density at radius 1 is 1.59 bits per heavy atom. The minimum absolute atomic E-state index is 0.107. The van der Waals surface area contributed by atoms with Gasteiger partial charge < -0.3 is 9.30 Å². The van der Waals surface area contributed by atoms with E-state index in [0.717, 1.165) is 15.4 Å². The Bertz CT molecular complexity index is 625. The van der Waals surface area contributed by atoms with Gasteiger partial charge in [-0.05, 0) is 18.2 Å². The first-order valence-corrected chi connectivity index (χ1v) is 5.70. The Kier molecular flexibility index (Phi) is 3.16. The quantitative estimate of drug-likeness (QED) is 0.799. The van der Waals surface area contributed by atoms with Gasteiger partial charge in [0.25, 0.3) is 0 Å². The van der Waals surface area contributed by atoms with Crippen LogP contribution >= 0.6 is 15.9 Å². The molecule has 5 heteroatoms. The zero-order chi connectivity index (χ0) is 12.4. The number of aromatic nitrogens is 1. The highest BCUT2D eigenvalue weighted by molar-refractivity contribution is 9.10. The van der Waals surface area contributed by atoms with E-state index in [9.17, 15) is 4.79 Å². The minimum Gasteiger partial charge on any atom is -0.468 e. The van der Waals surface area contributed by atoms with Crippen LogP contribution in [0.1, 0.15) is 5.56 Å². The third-order valence-electron chi connectivity index (χ3n) is 2.49. The van der Waals surface area contributed by atoms with Crippen LogP contribution in [0.15, 0.2) is 28.9 Å². The zero-order valence-corrected chi connectivity index (χ0v) is 10.7.